The topological polar surface area (TPSA) is 54.9 Å². The molecule has 0 aliphatic heterocycles. The highest BCUT2D eigenvalue weighted by Crippen LogP contribution is 2.33. The molecule has 6 aromatic carbocycles. The van der Waals surface area contributed by atoms with Gasteiger partial charge in [-0.1, -0.05) is 78.9 Å². The summed E-state index contributed by atoms with van der Waals surface area (Å²) in [5.74, 6) is 0. The smallest absolute Gasteiger partial charge is 0.206 e. The maximum absolute atomic E-state index is 13.5. The second kappa shape index (κ2) is 10.0. The van der Waals surface area contributed by atoms with Gasteiger partial charge in [0.2, 0.25) is 9.84 Å². The first-order valence-electron chi connectivity index (χ1n) is 14.5. The van der Waals surface area contributed by atoms with Crippen molar-refractivity contribution in [3.05, 3.63) is 151 Å². The molecule has 5 heteroatoms. The number of hydrogen-bond donors (Lipinski definition) is 1. The van der Waals surface area contributed by atoms with Crippen LogP contribution < -0.4 is 0 Å². The minimum absolute atomic E-state index is 0.288. The third-order valence-electron chi connectivity index (χ3n) is 8.49. The molecule has 208 valence electrons. The van der Waals surface area contributed by atoms with Crippen molar-refractivity contribution in [1.29, 1.82) is 0 Å². The summed E-state index contributed by atoms with van der Waals surface area (Å²) in [6.07, 6.45) is 1.71. The zero-order valence-corrected chi connectivity index (χ0v) is 24.2. The van der Waals surface area contributed by atoms with E-state index in [1.165, 1.54) is 27.1 Å². The van der Waals surface area contributed by atoms with Crippen LogP contribution in [-0.4, -0.2) is 18.0 Å². The molecular formula is C38H28N2O2S. The normalized spacial score (nSPS) is 12.1. The fourth-order valence-corrected chi connectivity index (χ4v) is 7.55. The Morgan fingerprint density at radius 3 is 1.67 bits per heavy atom. The van der Waals surface area contributed by atoms with Crippen LogP contribution in [0.2, 0.25) is 0 Å². The zero-order chi connectivity index (χ0) is 29.0. The third kappa shape index (κ3) is 4.32. The van der Waals surface area contributed by atoms with Gasteiger partial charge in [0.05, 0.1) is 20.8 Å². The first-order chi connectivity index (χ1) is 21.1. The van der Waals surface area contributed by atoms with Gasteiger partial charge in [-0.05, 0) is 84.6 Å². The number of aromatic amines is 1. The number of nitrogens with zero attached hydrogens (tertiary/aromatic N) is 1. The number of H-pyrrole nitrogens is 1. The molecule has 1 N–H and O–H groups in total. The van der Waals surface area contributed by atoms with Gasteiger partial charge in [0, 0.05) is 38.3 Å². The predicted octanol–water partition coefficient (Wildman–Crippen LogP) is 9.04. The van der Waals surface area contributed by atoms with E-state index in [1.54, 1.807) is 24.3 Å². The molecule has 43 heavy (non-hydrogen) atoms. The van der Waals surface area contributed by atoms with Gasteiger partial charge in [-0.25, -0.2) is 8.42 Å². The highest BCUT2D eigenvalue weighted by molar-refractivity contribution is 7.91. The minimum atomic E-state index is -3.64. The van der Waals surface area contributed by atoms with E-state index in [0.29, 0.717) is 4.90 Å². The number of aryl methyl sites for hydroxylation is 2. The molecule has 0 radical (unpaired) electrons. The van der Waals surface area contributed by atoms with Crippen LogP contribution in [0.1, 0.15) is 11.1 Å². The molecule has 2 heterocycles. The fourth-order valence-electron chi connectivity index (χ4n) is 6.29. The summed E-state index contributed by atoms with van der Waals surface area (Å²) in [6, 6.07) is 46.1. The molecule has 0 unspecified atom stereocenters. The monoisotopic (exact) mass is 576 g/mol. The highest BCUT2D eigenvalue weighted by atomic mass is 32.2. The molecule has 0 fully saturated rings. The number of rotatable bonds is 6. The molecule has 0 atom stereocenters. The van der Waals surface area contributed by atoms with Gasteiger partial charge in [0.15, 0.2) is 0 Å². The molecule has 0 amide bonds. The fraction of sp³-hybridized carbons (Fsp3) is 0.0526. The van der Waals surface area contributed by atoms with Crippen molar-refractivity contribution >= 4 is 53.4 Å². The van der Waals surface area contributed by atoms with E-state index in [0.717, 1.165) is 46.2 Å². The van der Waals surface area contributed by atoms with Crippen LogP contribution in [-0.2, 0) is 22.7 Å². The van der Waals surface area contributed by atoms with Crippen LogP contribution in [0.4, 0.5) is 0 Å². The SMILES string of the molecule is O=S(=O)(c1ccc(CCc2ccc3c(c2)[nH]c2ccccc23)cc1)c1ccc(-n2c3ccccc3c3ccccc32)cc1. The van der Waals surface area contributed by atoms with Gasteiger partial charge in [-0.3, -0.25) is 0 Å². The number of fused-ring (bicyclic) bond motifs is 6. The molecule has 2 aromatic heterocycles. The summed E-state index contributed by atoms with van der Waals surface area (Å²) in [5, 5.41) is 4.82. The van der Waals surface area contributed by atoms with Gasteiger partial charge < -0.3 is 9.55 Å². The summed E-state index contributed by atoms with van der Waals surface area (Å²) in [6.45, 7) is 0. The molecule has 0 saturated carbocycles. The van der Waals surface area contributed by atoms with Crippen molar-refractivity contribution in [3.8, 4) is 5.69 Å². The molecular weight excluding hydrogens is 548 g/mol. The summed E-state index contributed by atoms with van der Waals surface area (Å²) in [7, 11) is -3.64. The maximum Gasteiger partial charge on any atom is 0.206 e. The first-order valence-corrected chi connectivity index (χ1v) is 16.0. The van der Waals surface area contributed by atoms with E-state index in [4.69, 9.17) is 0 Å². The molecule has 8 aromatic rings. The number of benzene rings is 6. The van der Waals surface area contributed by atoms with Gasteiger partial charge in [-0.2, -0.15) is 0 Å². The Morgan fingerprint density at radius 1 is 0.488 bits per heavy atom. The molecule has 0 aliphatic rings. The standard InChI is InChI=1S/C38H28N2O2S/c41-43(42,30-22-18-28(19-23-30)40-37-11-5-2-8-33(37)34-9-3-6-12-38(34)40)29-20-15-26(16-21-29)13-14-27-17-24-32-31-7-1-4-10-35(31)39-36(32)25-27/h1-12,15-25,39H,13-14H2. The van der Waals surface area contributed by atoms with Crippen LogP contribution in [0.25, 0.3) is 49.3 Å². The third-order valence-corrected chi connectivity index (χ3v) is 10.3. The number of nitrogens with one attached hydrogen (secondary N) is 1. The van der Waals surface area contributed by atoms with E-state index in [9.17, 15) is 8.42 Å². The molecule has 0 aliphatic carbocycles. The lowest BCUT2D eigenvalue weighted by Crippen LogP contribution is -2.03. The lowest BCUT2D eigenvalue weighted by molar-refractivity contribution is 0.596. The van der Waals surface area contributed by atoms with Crippen molar-refractivity contribution in [3.63, 3.8) is 0 Å². The predicted molar refractivity (Wildman–Crippen MR) is 176 cm³/mol. The van der Waals surface area contributed by atoms with Crippen LogP contribution in [0.5, 0.6) is 0 Å². The molecule has 8 rings (SSSR count). The second-order valence-electron chi connectivity index (χ2n) is 11.1. The van der Waals surface area contributed by atoms with E-state index >= 15 is 0 Å². The quantitative estimate of drug-likeness (QED) is 0.215. The number of para-hydroxylation sites is 3. The first kappa shape index (κ1) is 25.6. The van der Waals surface area contributed by atoms with Crippen LogP contribution in [0.3, 0.4) is 0 Å². The molecule has 0 bridgehead atoms. The lowest BCUT2D eigenvalue weighted by atomic mass is 10.0. The molecule has 0 saturated heterocycles. The number of sulfone groups is 1. The minimum Gasteiger partial charge on any atom is -0.355 e. The summed E-state index contributed by atoms with van der Waals surface area (Å²) in [5.41, 5.74) is 7.76. The van der Waals surface area contributed by atoms with Gasteiger partial charge >= 0.3 is 0 Å². The van der Waals surface area contributed by atoms with E-state index in [2.05, 4.69) is 70.2 Å². The Hall–Kier alpha value is -5.13. The van der Waals surface area contributed by atoms with Crippen molar-refractivity contribution in [2.24, 2.45) is 0 Å². The van der Waals surface area contributed by atoms with Gasteiger partial charge in [-0.15, -0.1) is 0 Å². The van der Waals surface area contributed by atoms with Crippen LogP contribution in [0, 0.1) is 0 Å². The lowest BCUT2D eigenvalue weighted by Gasteiger charge is -2.10. The highest BCUT2D eigenvalue weighted by Gasteiger charge is 2.19. The van der Waals surface area contributed by atoms with Crippen molar-refractivity contribution in [2.75, 3.05) is 0 Å². The van der Waals surface area contributed by atoms with Gasteiger partial charge in [0.1, 0.15) is 0 Å². The van der Waals surface area contributed by atoms with E-state index in [-0.39, 0.29) is 4.90 Å². The van der Waals surface area contributed by atoms with Crippen LogP contribution >= 0.6 is 0 Å². The summed E-state index contributed by atoms with van der Waals surface area (Å²) in [4.78, 5) is 4.11. The number of aromatic nitrogens is 2. The average Bonchev–Trinajstić information content (AvgIpc) is 3.59. The molecule has 4 nitrogen and oxygen atoms in total. The largest absolute Gasteiger partial charge is 0.355 e. The number of hydrogen-bond acceptors (Lipinski definition) is 2. The molecule has 0 spiro atoms. The van der Waals surface area contributed by atoms with Crippen molar-refractivity contribution in [2.45, 2.75) is 22.6 Å². The Kier molecular flexibility index (Phi) is 5.95. The Balaban J connectivity index is 1.02. The van der Waals surface area contributed by atoms with E-state index in [1.807, 2.05) is 54.6 Å². The van der Waals surface area contributed by atoms with Crippen molar-refractivity contribution < 1.29 is 8.42 Å². The van der Waals surface area contributed by atoms with E-state index < -0.39 is 9.84 Å². The van der Waals surface area contributed by atoms with Crippen molar-refractivity contribution in [1.82, 2.24) is 9.55 Å². The Morgan fingerprint density at radius 2 is 1.00 bits per heavy atom. The zero-order valence-electron chi connectivity index (χ0n) is 23.4. The summed E-state index contributed by atoms with van der Waals surface area (Å²) < 4.78 is 29.3. The second-order valence-corrected chi connectivity index (χ2v) is 13.0. The average molecular weight is 577 g/mol. The summed E-state index contributed by atoms with van der Waals surface area (Å²) >= 11 is 0. The van der Waals surface area contributed by atoms with Gasteiger partial charge in [0.25, 0.3) is 0 Å². The maximum atomic E-state index is 13.5. The Labute approximate surface area is 249 Å². The Bertz CT molecular complexity index is 2340. The van der Waals surface area contributed by atoms with Crippen LogP contribution in [0.15, 0.2) is 149 Å².